The van der Waals surface area contributed by atoms with E-state index in [1.165, 1.54) is 21.9 Å². The van der Waals surface area contributed by atoms with Gasteiger partial charge >= 0.3 is 0 Å². The summed E-state index contributed by atoms with van der Waals surface area (Å²) in [6.45, 7) is 6.75. The van der Waals surface area contributed by atoms with Crippen molar-refractivity contribution < 1.29 is 9.53 Å². The molecule has 0 spiro atoms. The van der Waals surface area contributed by atoms with Crippen LogP contribution >= 0.6 is 11.3 Å². The molecule has 3 heterocycles. The summed E-state index contributed by atoms with van der Waals surface area (Å²) in [4.78, 5) is 31.4. The standard InChI is InChI=1S/C14H17N3O3S/c1-9-7-16(8-14(2,3)20-9)11(18)10-6-15-13-17(12(10)19)4-5-21-13/h4-6,9H,7-8H2,1-3H3/t9-/m0/s1. The first-order chi connectivity index (χ1) is 9.87. The number of thiazole rings is 1. The molecule has 6 nitrogen and oxygen atoms in total. The van der Waals surface area contributed by atoms with Gasteiger partial charge in [0.15, 0.2) is 4.96 Å². The van der Waals surface area contributed by atoms with Crippen molar-refractivity contribution in [1.29, 1.82) is 0 Å². The molecule has 21 heavy (non-hydrogen) atoms. The van der Waals surface area contributed by atoms with Crippen molar-refractivity contribution in [2.75, 3.05) is 13.1 Å². The molecule has 1 aliphatic rings. The Kier molecular flexibility index (Phi) is 3.33. The van der Waals surface area contributed by atoms with Crippen LogP contribution in [0.4, 0.5) is 0 Å². The molecule has 0 radical (unpaired) electrons. The van der Waals surface area contributed by atoms with Gasteiger partial charge < -0.3 is 9.64 Å². The van der Waals surface area contributed by atoms with E-state index in [-0.39, 0.29) is 23.1 Å². The van der Waals surface area contributed by atoms with Gasteiger partial charge in [0, 0.05) is 30.9 Å². The maximum Gasteiger partial charge on any atom is 0.271 e. The molecule has 0 aliphatic carbocycles. The van der Waals surface area contributed by atoms with Gasteiger partial charge in [0.2, 0.25) is 0 Å². The van der Waals surface area contributed by atoms with E-state index in [2.05, 4.69) is 4.98 Å². The van der Waals surface area contributed by atoms with Crippen LogP contribution < -0.4 is 5.56 Å². The van der Waals surface area contributed by atoms with Crippen LogP contribution in [-0.2, 0) is 4.74 Å². The fraction of sp³-hybridized carbons (Fsp3) is 0.500. The zero-order chi connectivity index (χ0) is 15.2. The maximum atomic E-state index is 12.6. The van der Waals surface area contributed by atoms with E-state index in [4.69, 9.17) is 4.74 Å². The average Bonchev–Trinajstić information content (AvgIpc) is 2.85. The van der Waals surface area contributed by atoms with Crippen molar-refractivity contribution in [3.63, 3.8) is 0 Å². The van der Waals surface area contributed by atoms with Gasteiger partial charge in [-0.2, -0.15) is 0 Å². The summed E-state index contributed by atoms with van der Waals surface area (Å²) in [6.07, 6.45) is 2.96. The van der Waals surface area contributed by atoms with Crippen molar-refractivity contribution in [2.24, 2.45) is 0 Å². The monoisotopic (exact) mass is 307 g/mol. The first-order valence-corrected chi connectivity index (χ1v) is 7.67. The van der Waals surface area contributed by atoms with Crippen LogP contribution in [-0.4, -0.2) is 45.0 Å². The minimum atomic E-state index is -0.413. The number of nitrogens with zero attached hydrogens (tertiary/aromatic N) is 3. The largest absolute Gasteiger partial charge is 0.369 e. The number of hydrogen-bond donors (Lipinski definition) is 0. The maximum absolute atomic E-state index is 12.6. The molecule has 7 heteroatoms. The summed E-state index contributed by atoms with van der Waals surface area (Å²) in [5, 5.41) is 1.78. The smallest absolute Gasteiger partial charge is 0.271 e. The molecular formula is C14H17N3O3S. The van der Waals surface area contributed by atoms with E-state index in [1.54, 1.807) is 16.5 Å². The van der Waals surface area contributed by atoms with Gasteiger partial charge in [0.05, 0.1) is 11.7 Å². The number of hydrogen-bond acceptors (Lipinski definition) is 5. The van der Waals surface area contributed by atoms with Crippen LogP contribution in [0.2, 0.25) is 0 Å². The second kappa shape index (κ2) is 4.92. The Bertz CT molecular complexity index is 749. The lowest BCUT2D eigenvalue weighted by molar-refractivity contribution is -0.118. The van der Waals surface area contributed by atoms with Crippen LogP contribution in [0, 0.1) is 0 Å². The molecule has 1 aliphatic heterocycles. The number of morpholine rings is 1. The number of fused-ring (bicyclic) bond motifs is 1. The highest BCUT2D eigenvalue weighted by atomic mass is 32.1. The summed E-state index contributed by atoms with van der Waals surface area (Å²) < 4.78 is 7.20. The van der Waals surface area contributed by atoms with E-state index in [1.807, 2.05) is 20.8 Å². The third-order valence-electron chi connectivity index (χ3n) is 3.43. The lowest BCUT2D eigenvalue weighted by Gasteiger charge is -2.41. The molecule has 112 valence electrons. The van der Waals surface area contributed by atoms with Gasteiger partial charge in [-0.1, -0.05) is 0 Å². The summed E-state index contributed by atoms with van der Waals surface area (Å²) in [6, 6.07) is 0. The van der Waals surface area contributed by atoms with Gasteiger partial charge in [-0.15, -0.1) is 11.3 Å². The second-order valence-electron chi connectivity index (χ2n) is 5.91. The van der Waals surface area contributed by atoms with Crippen LogP contribution in [0.1, 0.15) is 31.1 Å². The van der Waals surface area contributed by atoms with Crippen molar-refractivity contribution in [2.45, 2.75) is 32.5 Å². The van der Waals surface area contributed by atoms with Gasteiger partial charge in [-0.3, -0.25) is 14.0 Å². The van der Waals surface area contributed by atoms with E-state index in [0.717, 1.165) is 0 Å². The molecule has 1 fully saturated rings. The highest BCUT2D eigenvalue weighted by Gasteiger charge is 2.35. The van der Waals surface area contributed by atoms with Gasteiger partial charge in [0.25, 0.3) is 11.5 Å². The zero-order valence-electron chi connectivity index (χ0n) is 12.2. The van der Waals surface area contributed by atoms with Crippen LogP contribution in [0.3, 0.4) is 0 Å². The van der Waals surface area contributed by atoms with Crippen molar-refractivity contribution in [3.8, 4) is 0 Å². The van der Waals surface area contributed by atoms with Crippen LogP contribution in [0.25, 0.3) is 4.96 Å². The molecule has 0 saturated carbocycles. The molecule has 0 N–H and O–H groups in total. The van der Waals surface area contributed by atoms with Crippen LogP contribution in [0.5, 0.6) is 0 Å². The number of amides is 1. The Hall–Kier alpha value is -1.73. The van der Waals surface area contributed by atoms with E-state index >= 15 is 0 Å². The van der Waals surface area contributed by atoms with Gasteiger partial charge in [0.1, 0.15) is 5.56 Å². The molecule has 3 rings (SSSR count). The fourth-order valence-electron chi connectivity index (χ4n) is 2.75. The van der Waals surface area contributed by atoms with E-state index in [0.29, 0.717) is 18.1 Å². The molecule has 2 aromatic heterocycles. The van der Waals surface area contributed by atoms with Crippen LogP contribution in [0.15, 0.2) is 22.6 Å². The Balaban J connectivity index is 1.96. The molecule has 0 aromatic carbocycles. The number of carbonyl (C=O) groups is 1. The fourth-order valence-corrected chi connectivity index (χ4v) is 3.43. The highest BCUT2D eigenvalue weighted by Crippen LogP contribution is 2.21. The summed E-state index contributed by atoms with van der Waals surface area (Å²) in [5.74, 6) is -0.281. The lowest BCUT2D eigenvalue weighted by atomic mass is 10.0. The Morgan fingerprint density at radius 3 is 3.00 bits per heavy atom. The average molecular weight is 307 g/mol. The normalized spacial score (nSPS) is 21.7. The van der Waals surface area contributed by atoms with Crippen molar-refractivity contribution in [1.82, 2.24) is 14.3 Å². The summed E-state index contributed by atoms with van der Waals surface area (Å²) in [5.41, 5.74) is -0.623. The molecule has 1 saturated heterocycles. The van der Waals surface area contributed by atoms with Gasteiger partial charge in [-0.25, -0.2) is 4.98 Å². The number of ether oxygens (including phenoxy) is 1. The molecule has 2 aromatic rings. The Morgan fingerprint density at radius 1 is 1.52 bits per heavy atom. The molecule has 0 bridgehead atoms. The zero-order valence-corrected chi connectivity index (χ0v) is 13.0. The number of aromatic nitrogens is 2. The highest BCUT2D eigenvalue weighted by molar-refractivity contribution is 7.15. The molecule has 0 unspecified atom stereocenters. The van der Waals surface area contributed by atoms with Crippen molar-refractivity contribution in [3.05, 3.63) is 33.7 Å². The molecule has 1 amide bonds. The Labute approximate surface area is 126 Å². The molecular weight excluding hydrogens is 290 g/mol. The predicted octanol–water partition coefficient (Wildman–Crippen LogP) is 1.40. The van der Waals surface area contributed by atoms with Gasteiger partial charge in [-0.05, 0) is 20.8 Å². The number of rotatable bonds is 1. The SMILES string of the molecule is C[C@H]1CN(C(=O)c2cnc3sccn3c2=O)CC(C)(C)O1. The second-order valence-corrected chi connectivity index (χ2v) is 6.78. The Morgan fingerprint density at radius 2 is 2.29 bits per heavy atom. The minimum absolute atomic E-state index is 0.0571. The third-order valence-corrected chi connectivity index (χ3v) is 4.20. The third kappa shape index (κ3) is 2.58. The van der Waals surface area contributed by atoms with Crippen molar-refractivity contribution >= 4 is 22.2 Å². The summed E-state index contributed by atoms with van der Waals surface area (Å²) >= 11 is 1.36. The summed E-state index contributed by atoms with van der Waals surface area (Å²) in [7, 11) is 0. The topological polar surface area (TPSA) is 63.9 Å². The minimum Gasteiger partial charge on any atom is -0.369 e. The van der Waals surface area contributed by atoms with E-state index < -0.39 is 5.60 Å². The van der Waals surface area contributed by atoms with E-state index in [9.17, 15) is 9.59 Å². The molecule has 1 atom stereocenters. The first-order valence-electron chi connectivity index (χ1n) is 6.79. The lowest BCUT2D eigenvalue weighted by Crippen LogP contribution is -2.54. The quantitative estimate of drug-likeness (QED) is 0.799. The predicted molar refractivity (Wildman–Crippen MR) is 79.9 cm³/mol. The number of carbonyl (C=O) groups excluding carboxylic acids is 1. The first kappa shape index (κ1) is 14.2.